The molecule has 0 aromatic heterocycles. The van der Waals surface area contributed by atoms with Crippen molar-refractivity contribution in [1.29, 1.82) is 0 Å². The molecule has 0 saturated heterocycles. The summed E-state index contributed by atoms with van der Waals surface area (Å²) in [6.45, 7) is 1.97. The van der Waals surface area contributed by atoms with E-state index in [0.717, 1.165) is 18.4 Å². The molecule has 3 aromatic carbocycles. The zero-order valence-corrected chi connectivity index (χ0v) is 21.9. The Hall–Kier alpha value is -3.52. The summed E-state index contributed by atoms with van der Waals surface area (Å²) in [7, 11) is 0.565. The molecule has 1 aliphatic rings. The minimum absolute atomic E-state index is 0.0725. The highest BCUT2D eigenvalue weighted by molar-refractivity contribution is 7.92. The van der Waals surface area contributed by atoms with E-state index in [1.807, 2.05) is 6.92 Å². The average Bonchev–Trinajstić information content (AvgIpc) is 2.91. The Kier molecular flexibility index (Phi) is 7.54. The van der Waals surface area contributed by atoms with E-state index >= 15 is 0 Å². The molecule has 1 atom stereocenters. The second-order valence-corrected chi connectivity index (χ2v) is 10.9. The molecule has 4 rings (SSSR count). The maximum Gasteiger partial charge on any atom is 0.264 e. The molecule has 1 aliphatic carbocycles. The summed E-state index contributed by atoms with van der Waals surface area (Å²) in [6.07, 6.45) is 4.66. The van der Waals surface area contributed by atoms with Crippen LogP contribution in [-0.4, -0.2) is 35.6 Å². The second-order valence-electron chi connectivity index (χ2n) is 8.97. The molecule has 36 heavy (non-hydrogen) atoms. The number of rotatable bonds is 8. The van der Waals surface area contributed by atoms with E-state index < -0.39 is 10.0 Å². The maximum atomic E-state index is 13.2. The van der Waals surface area contributed by atoms with Crippen molar-refractivity contribution in [1.82, 2.24) is 5.32 Å². The molecule has 0 unspecified atom stereocenters. The van der Waals surface area contributed by atoms with Gasteiger partial charge in [0.2, 0.25) is 0 Å². The van der Waals surface area contributed by atoms with Gasteiger partial charge in [0.1, 0.15) is 0 Å². The molecule has 0 radical (unpaired) electrons. The molecule has 7 nitrogen and oxygen atoms in total. The topological polar surface area (TPSA) is 84.9 Å². The number of carbonyl (C=O) groups is 1. The number of ether oxygens (including phenoxy) is 2. The second kappa shape index (κ2) is 10.6. The molecule has 1 amide bonds. The lowest BCUT2D eigenvalue weighted by Crippen LogP contribution is -2.28. The summed E-state index contributed by atoms with van der Waals surface area (Å²) in [5.41, 5.74) is 4.76. The number of amides is 1. The van der Waals surface area contributed by atoms with Gasteiger partial charge in [0.15, 0.2) is 11.5 Å². The minimum atomic E-state index is -3.85. The van der Waals surface area contributed by atoms with Crippen LogP contribution in [0.4, 0.5) is 5.69 Å². The summed E-state index contributed by atoms with van der Waals surface area (Å²) in [6, 6.07) is 17.3. The van der Waals surface area contributed by atoms with Crippen LogP contribution in [0.3, 0.4) is 0 Å². The number of nitrogens with zero attached hydrogens (tertiary/aromatic N) is 1. The number of anilines is 1. The van der Waals surface area contributed by atoms with E-state index in [0.29, 0.717) is 22.7 Å². The van der Waals surface area contributed by atoms with Gasteiger partial charge in [0, 0.05) is 18.7 Å². The van der Waals surface area contributed by atoms with E-state index in [-0.39, 0.29) is 16.8 Å². The first-order chi connectivity index (χ1) is 17.2. The Labute approximate surface area is 213 Å². The first kappa shape index (κ1) is 25.6. The smallest absolute Gasteiger partial charge is 0.264 e. The predicted molar refractivity (Wildman–Crippen MR) is 141 cm³/mol. The van der Waals surface area contributed by atoms with Gasteiger partial charge in [-0.2, -0.15) is 0 Å². The summed E-state index contributed by atoms with van der Waals surface area (Å²) >= 11 is 0. The molecule has 3 aromatic rings. The molecule has 190 valence electrons. The normalized spacial score (nSPS) is 13.9. The highest BCUT2D eigenvalue weighted by Gasteiger charge is 2.23. The number of fused-ring (bicyclic) bond motifs is 1. The van der Waals surface area contributed by atoms with Crippen LogP contribution in [0.15, 0.2) is 65.6 Å². The Morgan fingerprint density at radius 3 is 2.22 bits per heavy atom. The van der Waals surface area contributed by atoms with Crippen molar-refractivity contribution in [2.24, 2.45) is 0 Å². The standard InChI is InChI=1S/C28H32N2O5S/c1-19(22-10-9-20-7-5-6-8-23(20)17-22)29-28(31)21-11-13-24(14-12-21)30(2)36(32,33)25-15-16-26(34-3)27(18-25)35-4/h9-19H,5-8H2,1-4H3,(H,29,31)/t19-/m1/s1. The molecule has 8 heteroatoms. The molecule has 0 heterocycles. The van der Waals surface area contributed by atoms with E-state index in [9.17, 15) is 13.2 Å². The minimum Gasteiger partial charge on any atom is -0.493 e. The Balaban J connectivity index is 1.46. The van der Waals surface area contributed by atoms with Gasteiger partial charge >= 0.3 is 0 Å². The summed E-state index contributed by atoms with van der Waals surface area (Å²) < 4.78 is 38.0. The van der Waals surface area contributed by atoms with Crippen LogP contribution in [0.1, 0.15) is 52.9 Å². The fourth-order valence-electron chi connectivity index (χ4n) is 4.48. The zero-order valence-electron chi connectivity index (χ0n) is 21.1. The Morgan fingerprint density at radius 1 is 0.889 bits per heavy atom. The first-order valence-electron chi connectivity index (χ1n) is 12.0. The summed E-state index contributed by atoms with van der Waals surface area (Å²) in [5.74, 6) is 0.559. The number of sulfonamides is 1. The van der Waals surface area contributed by atoms with Crippen molar-refractivity contribution in [3.8, 4) is 11.5 Å². The van der Waals surface area contributed by atoms with Crippen LogP contribution in [0.2, 0.25) is 0 Å². The molecule has 0 fully saturated rings. The quantitative estimate of drug-likeness (QED) is 0.468. The lowest BCUT2D eigenvalue weighted by atomic mass is 9.89. The SMILES string of the molecule is COc1ccc(S(=O)(=O)N(C)c2ccc(C(=O)N[C@H](C)c3ccc4c(c3)CCCC4)cc2)cc1OC. The summed E-state index contributed by atoms with van der Waals surface area (Å²) in [4.78, 5) is 13.0. The Bertz CT molecular complexity index is 1350. The van der Waals surface area contributed by atoms with E-state index in [2.05, 4.69) is 23.5 Å². The number of hydrogen-bond acceptors (Lipinski definition) is 5. The van der Waals surface area contributed by atoms with Crippen LogP contribution in [-0.2, 0) is 22.9 Å². The predicted octanol–water partition coefficient (Wildman–Crippen LogP) is 4.90. The van der Waals surface area contributed by atoms with E-state index in [4.69, 9.17) is 9.47 Å². The van der Waals surface area contributed by atoms with E-state index in [1.54, 1.807) is 30.3 Å². The molecular weight excluding hydrogens is 476 g/mol. The Morgan fingerprint density at radius 2 is 1.56 bits per heavy atom. The van der Waals surface area contributed by atoms with Crippen molar-refractivity contribution < 1.29 is 22.7 Å². The van der Waals surface area contributed by atoms with Gasteiger partial charge in [0.25, 0.3) is 15.9 Å². The third-order valence-electron chi connectivity index (χ3n) is 6.73. The van der Waals surface area contributed by atoms with Crippen molar-refractivity contribution in [2.45, 2.75) is 43.5 Å². The number of benzene rings is 3. The number of carbonyl (C=O) groups excluding carboxylic acids is 1. The highest BCUT2D eigenvalue weighted by atomic mass is 32.2. The highest BCUT2D eigenvalue weighted by Crippen LogP contribution is 2.32. The summed E-state index contributed by atoms with van der Waals surface area (Å²) in [5, 5.41) is 3.05. The van der Waals surface area contributed by atoms with E-state index in [1.165, 1.54) is 61.7 Å². The van der Waals surface area contributed by atoms with Gasteiger partial charge < -0.3 is 14.8 Å². The van der Waals surface area contributed by atoms with Crippen molar-refractivity contribution in [3.63, 3.8) is 0 Å². The van der Waals surface area contributed by atoms with Crippen LogP contribution < -0.4 is 19.1 Å². The number of hydrogen-bond donors (Lipinski definition) is 1. The lowest BCUT2D eigenvalue weighted by Gasteiger charge is -2.21. The van der Waals surface area contributed by atoms with Gasteiger partial charge in [-0.3, -0.25) is 9.10 Å². The number of aryl methyl sites for hydroxylation is 2. The first-order valence-corrected chi connectivity index (χ1v) is 13.4. The van der Waals surface area contributed by atoms with Crippen LogP contribution in [0.5, 0.6) is 11.5 Å². The van der Waals surface area contributed by atoms with Crippen molar-refractivity contribution in [2.75, 3.05) is 25.6 Å². The molecule has 1 N–H and O–H groups in total. The fraction of sp³-hybridized carbons (Fsp3) is 0.321. The van der Waals surface area contributed by atoms with Crippen molar-refractivity contribution in [3.05, 3.63) is 82.9 Å². The molecular formula is C28H32N2O5S. The van der Waals surface area contributed by atoms with Gasteiger partial charge in [-0.05, 0) is 85.7 Å². The van der Waals surface area contributed by atoms with Crippen LogP contribution in [0, 0.1) is 0 Å². The largest absolute Gasteiger partial charge is 0.493 e. The van der Waals surface area contributed by atoms with Crippen LogP contribution in [0.25, 0.3) is 0 Å². The maximum absolute atomic E-state index is 13.2. The third-order valence-corrected chi connectivity index (χ3v) is 8.51. The lowest BCUT2D eigenvalue weighted by molar-refractivity contribution is 0.0940. The number of methoxy groups -OCH3 is 2. The third kappa shape index (κ3) is 5.18. The monoisotopic (exact) mass is 508 g/mol. The molecule has 0 spiro atoms. The van der Waals surface area contributed by atoms with Crippen molar-refractivity contribution >= 4 is 21.6 Å². The van der Waals surface area contributed by atoms with Gasteiger partial charge in [-0.15, -0.1) is 0 Å². The van der Waals surface area contributed by atoms with Gasteiger partial charge in [-0.1, -0.05) is 18.2 Å². The van der Waals surface area contributed by atoms with Gasteiger partial charge in [0.05, 0.1) is 30.8 Å². The average molecular weight is 509 g/mol. The molecule has 0 aliphatic heterocycles. The fourth-order valence-corrected chi connectivity index (χ4v) is 5.69. The number of nitrogens with one attached hydrogen (secondary N) is 1. The van der Waals surface area contributed by atoms with Crippen LogP contribution >= 0.6 is 0 Å². The molecule has 0 saturated carbocycles. The zero-order chi connectivity index (χ0) is 25.9. The molecule has 0 bridgehead atoms. The van der Waals surface area contributed by atoms with Gasteiger partial charge in [-0.25, -0.2) is 8.42 Å².